The van der Waals surface area contributed by atoms with E-state index in [-0.39, 0.29) is 11.7 Å². The number of amides is 1. The third-order valence-electron chi connectivity index (χ3n) is 3.45. The van der Waals surface area contributed by atoms with Gasteiger partial charge in [0.25, 0.3) is 0 Å². The van der Waals surface area contributed by atoms with Gasteiger partial charge in [-0.05, 0) is 42.3 Å². The van der Waals surface area contributed by atoms with E-state index >= 15 is 0 Å². The molecular formula is C16H15FN2O. The second-order valence-corrected chi connectivity index (χ2v) is 4.86. The number of anilines is 2. The van der Waals surface area contributed by atoms with Crippen LogP contribution in [0.25, 0.3) is 0 Å². The van der Waals surface area contributed by atoms with Gasteiger partial charge in [0.05, 0.1) is 6.54 Å². The van der Waals surface area contributed by atoms with Crippen LogP contribution < -0.4 is 10.2 Å². The number of rotatable bonds is 3. The molecule has 0 aliphatic carbocycles. The first-order chi connectivity index (χ1) is 9.72. The second kappa shape index (κ2) is 5.33. The highest BCUT2D eigenvalue weighted by Crippen LogP contribution is 2.26. The predicted octanol–water partition coefficient (Wildman–Crippen LogP) is 2.83. The Kier molecular flexibility index (Phi) is 3.37. The number of hydrogen-bond donors (Lipinski definition) is 1. The summed E-state index contributed by atoms with van der Waals surface area (Å²) in [7, 11) is 0. The van der Waals surface area contributed by atoms with Crippen LogP contribution in [-0.2, 0) is 11.2 Å². The fraction of sp³-hybridized carbons (Fsp3) is 0.188. The fourth-order valence-electron chi connectivity index (χ4n) is 2.48. The van der Waals surface area contributed by atoms with Crippen molar-refractivity contribution >= 4 is 17.3 Å². The van der Waals surface area contributed by atoms with Gasteiger partial charge in [-0.2, -0.15) is 0 Å². The van der Waals surface area contributed by atoms with Gasteiger partial charge in [0.15, 0.2) is 0 Å². The number of nitrogens with one attached hydrogen (secondary N) is 1. The molecule has 2 aromatic rings. The summed E-state index contributed by atoms with van der Waals surface area (Å²) in [6, 6.07) is 13.9. The Morgan fingerprint density at radius 1 is 1.15 bits per heavy atom. The first kappa shape index (κ1) is 12.7. The molecule has 0 saturated heterocycles. The van der Waals surface area contributed by atoms with E-state index in [2.05, 4.69) is 16.3 Å². The van der Waals surface area contributed by atoms with Crippen molar-refractivity contribution in [2.24, 2.45) is 0 Å². The minimum atomic E-state index is -0.309. The molecule has 102 valence electrons. The highest BCUT2D eigenvalue weighted by atomic mass is 19.1. The lowest BCUT2D eigenvalue weighted by molar-refractivity contribution is -0.115. The van der Waals surface area contributed by atoms with Gasteiger partial charge in [0.1, 0.15) is 5.82 Å². The molecule has 4 heteroatoms. The molecule has 1 amide bonds. The van der Waals surface area contributed by atoms with Gasteiger partial charge >= 0.3 is 0 Å². The van der Waals surface area contributed by atoms with Gasteiger partial charge < -0.3 is 10.2 Å². The summed E-state index contributed by atoms with van der Waals surface area (Å²) >= 11 is 0. The SMILES string of the molecule is O=C(CN1CCc2ccccc21)Nc1ccc(F)cc1. The molecule has 0 saturated carbocycles. The van der Waals surface area contributed by atoms with Crippen molar-refractivity contribution in [2.75, 3.05) is 23.3 Å². The van der Waals surface area contributed by atoms with Gasteiger partial charge in [-0.3, -0.25) is 4.79 Å². The van der Waals surface area contributed by atoms with Crippen molar-refractivity contribution in [1.29, 1.82) is 0 Å². The minimum Gasteiger partial charge on any atom is -0.362 e. The summed E-state index contributed by atoms with van der Waals surface area (Å²) in [6.07, 6.45) is 0.972. The molecule has 3 rings (SSSR count). The smallest absolute Gasteiger partial charge is 0.243 e. The zero-order valence-corrected chi connectivity index (χ0v) is 11.0. The Morgan fingerprint density at radius 2 is 1.90 bits per heavy atom. The van der Waals surface area contributed by atoms with Crippen LogP contribution in [0.15, 0.2) is 48.5 Å². The average molecular weight is 270 g/mol. The fourth-order valence-corrected chi connectivity index (χ4v) is 2.48. The molecule has 0 unspecified atom stereocenters. The van der Waals surface area contributed by atoms with Crippen LogP contribution >= 0.6 is 0 Å². The van der Waals surface area contributed by atoms with Crippen LogP contribution in [0.3, 0.4) is 0 Å². The van der Waals surface area contributed by atoms with Crippen molar-refractivity contribution in [3.05, 3.63) is 59.9 Å². The predicted molar refractivity (Wildman–Crippen MR) is 77.4 cm³/mol. The summed E-state index contributed by atoms with van der Waals surface area (Å²) in [5, 5.41) is 2.78. The zero-order valence-electron chi connectivity index (χ0n) is 11.0. The number of benzene rings is 2. The van der Waals surface area contributed by atoms with E-state index in [1.165, 1.54) is 17.7 Å². The summed E-state index contributed by atoms with van der Waals surface area (Å²) in [6.45, 7) is 1.17. The topological polar surface area (TPSA) is 32.3 Å². The molecule has 0 fully saturated rings. The molecule has 1 aliphatic rings. The van der Waals surface area contributed by atoms with Crippen molar-refractivity contribution in [1.82, 2.24) is 0 Å². The van der Waals surface area contributed by atoms with Gasteiger partial charge in [-0.15, -0.1) is 0 Å². The first-order valence-corrected chi connectivity index (χ1v) is 6.60. The molecule has 3 nitrogen and oxygen atoms in total. The Hall–Kier alpha value is -2.36. The van der Waals surface area contributed by atoms with E-state index in [4.69, 9.17) is 0 Å². The molecule has 1 N–H and O–H groups in total. The lowest BCUT2D eigenvalue weighted by atomic mass is 10.2. The monoisotopic (exact) mass is 270 g/mol. The van der Waals surface area contributed by atoms with Crippen LogP contribution in [0, 0.1) is 5.82 Å². The van der Waals surface area contributed by atoms with E-state index < -0.39 is 0 Å². The molecule has 0 spiro atoms. The molecule has 1 aliphatic heterocycles. The molecule has 1 heterocycles. The Bertz CT molecular complexity index is 625. The van der Waals surface area contributed by atoms with E-state index in [9.17, 15) is 9.18 Å². The molecule has 0 atom stereocenters. The van der Waals surface area contributed by atoms with Crippen LogP contribution in [-0.4, -0.2) is 19.0 Å². The van der Waals surface area contributed by atoms with E-state index in [1.807, 2.05) is 18.2 Å². The largest absolute Gasteiger partial charge is 0.362 e. The highest BCUT2D eigenvalue weighted by molar-refractivity contribution is 5.94. The first-order valence-electron chi connectivity index (χ1n) is 6.60. The van der Waals surface area contributed by atoms with Gasteiger partial charge in [-0.1, -0.05) is 18.2 Å². The van der Waals surface area contributed by atoms with E-state index in [1.54, 1.807) is 12.1 Å². The number of para-hydroxylation sites is 1. The van der Waals surface area contributed by atoms with Crippen molar-refractivity contribution in [3.8, 4) is 0 Å². The normalized spacial score (nSPS) is 13.2. The Balaban J connectivity index is 1.64. The number of carbonyl (C=O) groups is 1. The Labute approximate surface area is 117 Å². The summed E-state index contributed by atoms with van der Waals surface area (Å²) in [4.78, 5) is 14.1. The van der Waals surface area contributed by atoms with E-state index in [0.29, 0.717) is 12.2 Å². The quantitative estimate of drug-likeness (QED) is 0.930. The number of nitrogens with zero attached hydrogens (tertiary/aromatic N) is 1. The van der Waals surface area contributed by atoms with Crippen LogP contribution in [0.1, 0.15) is 5.56 Å². The van der Waals surface area contributed by atoms with Gasteiger partial charge in [0.2, 0.25) is 5.91 Å². The average Bonchev–Trinajstić information content (AvgIpc) is 2.85. The molecule has 0 bridgehead atoms. The molecule has 0 radical (unpaired) electrons. The van der Waals surface area contributed by atoms with E-state index in [0.717, 1.165) is 18.7 Å². The molecule has 2 aromatic carbocycles. The number of halogens is 1. The maximum Gasteiger partial charge on any atom is 0.243 e. The van der Waals surface area contributed by atoms with Crippen molar-refractivity contribution in [2.45, 2.75) is 6.42 Å². The maximum atomic E-state index is 12.8. The minimum absolute atomic E-state index is 0.0895. The maximum absolute atomic E-state index is 12.8. The molecule has 0 aromatic heterocycles. The molecule has 20 heavy (non-hydrogen) atoms. The number of hydrogen-bond acceptors (Lipinski definition) is 2. The number of fused-ring (bicyclic) bond motifs is 1. The van der Waals surface area contributed by atoms with Crippen molar-refractivity contribution < 1.29 is 9.18 Å². The second-order valence-electron chi connectivity index (χ2n) is 4.86. The summed E-state index contributed by atoms with van der Waals surface area (Å²) < 4.78 is 12.8. The Morgan fingerprint density at radius 3 is 2.70 bits per heavy atom. The third-order valence-corrected chi connectivity index (χ3v) is 3.45. The molecular weight excluding hydrogens is 255 g/mol. The summed E-state index contributed by atoms with van der Waals surface area (Å²) in [5.41, 5.74) is 3.02. The van der Waals surface area contributed by atoms with Crippen LogP contribution in [0.5, 0.6) is 0 Å². The lowest BCUT2D eigenvalue weighted by Crippen LogP contribution is -2.31. The lowest BCUT2D eigenvalue weighted by Gasteiger charge is -2.18. The highest BCUT2D eigenvalue weighted by Gasteiger charge is 2.20. The van der Waals surface area contributed by atoms with Gasteiger partial charge in [-0.25, -0.2) is 4.39 Å². The van der Waals surface area contributed by atoms with Crippen LogP contribution in [0.4, 0.5) is 15.8 Å². The van der Waals surface area contributed by atoms with Gasteiger partial charge in [0, 0.05) is 17.9 Å². The standard InChI is InChI=1S/C16H15FN2O/c17-13-5-7-14(8-6-13)18-16(20)11-19-10-9-12-3-1-2-4-15(12)19/h1-8H,9-11H2,(H,18,20). The summed E-state index contributed by atoms with van der Waals surface area (Å²) in [5.74, 6) is -0.398. The zero-order chi connectivity index (χ0) is 13.9. The third kappa shape index (κ3) is 2.64. The number of carbonyl (C=O) groups excluding carboxylic acids is 1. The van der Waals surface area contributed by atoms with Crippen molar-refractivity contribution in [3.63, 3.8) is 0 Å². The van der Waals surface area contributed by atoms with Crippen LogP contribution in [0.2, 0.25) is 0 Å².